The van der Waals surface area contributed by atoms with Crippen molar-refractivity contribution in [3.63, 3.8) is 0 Å². The Hall–Kier alpha value is 0.420. The summed E-state index contributed by atoms with van der Waals surface area (Å²) in [7, 11) is -15.1. The van der Waals surface area contributed by atoms with Gasteiger partial charge in [-0.15, -0.1) is 0 Å². The van der Waals surface area contributed by atoms with E-state index in [0.29, 0.717) is 47.5 Å². The van der Waals surface area contributed by atoms with Gasteiger partial charge in [-0.2, -0.15) is 10.2 Å². The van der Waals surface area contributed by atoms with Crippen molar-refractivity contribution < 1.29 is 233 Å². The second-order valence-electron chi connectivity index (χ2n) is 16.1. The summed E-state index contributed by atoms with van der Waals surface area (Å²) >= 11 is 0. The van der Waals surface area contributed by atoms with Gasteiger partial charge in [0.25, 0.3) is 0 Å². The summed E-state index contributed by atoms with van der Waals surface area (Å²) in [6.45, 7) is 5.50. The van der Waals surface area contributed by atoms with Gasteiger partial charge < -0.3 is 84.8 Å². The van der Waals surface area contributed by atoms with Crippen molar-refractivity contribution in [2.75, 3.05) is 92.2 Å². The summed E-state index contributed by atoms with van der Waals surface area (Å²) in [4.78, 5) is 68.8. The van der Waals surface area contributed by atoms with Crippen LogP contribution in [0.4, 0.5) is 0 Å². The van der Waals surface area contributed by atoms with Crippen LogP contribution < -0.4 is 182 Å². The van der Waals surface area contributed by atoms with E-state index in [0.717, 1.165) is 9.80 Å². The number of nitrogens with zero attached hydrogens (tertiary/aromatic N) is 7. The van der Waals surface area contributed by atoms with Crippen LogP contribution in [0.1, 0.15) is 81.5 Å². The van der Waals surface area contributed by atoms with E-state index in [-0.39, 0.29) is 243 Å². The summed E-state index contributed by atoms with van der Waals surface area (Å²) in [5.74, 6) is 12.3. The van der Waals surface area contributed by atoms with Gasteiger partial charge in [-0.1, -0.05) is 23.7 Å². The molecule has 0 aliphatic carbocycles. The molecule has 25 nitrogen and oxygen atoms in total. The van der Waals surface area contributed by atoms with Crippen LogP contribution in [0.25, 0.3) is 11.6 Å². The Morgan fingerprint density at radius 2 is 0.963 bits per heavy atom. The van der Waals surface area contributed by atoms with Gasteiger partial charge in [-0.25, -0.2) is 14.3 Å². The van der Waals surface area contributed by atoms with E-state index in [9.17, 15) is 47.7 Å². The number of carboxylic acids is 1. The van der Waals surface area contributed by atoms with Crippen molar-refractivity contribution in [1.29, 1.82) is 0 Å². The molecule has 4 rings (SSSR count). The maximum Gasteiger partial charge on any atom is 1.00 e. The van der Waals surface area contributed by atoms with Crippen molar-refractivity contribution in [3.8, 4) is 46.8 Å². The molecule has 0 fully saturated rings. The number of methoxy groups -OCH3 is 2. The second kappa shape index (κ2) is 42.3. The number of hydrogen-bond donors (Lipinski definition) is 0. The maximum atomic E-state index is 12.7. The van der Waals surface area contributed by atoms with Gasteiger partial charge in [0, 0.05) is 69.8 Å². The third-order valence-electron chi connectivity index (χ3n) is 9.79. The van der Waals surface area contributed by atoms with Crippen molar-refractivity contribution in [2.24, 2.45) is 0 Å². The molecule has 0 N–H and O–H groups in total. The molecule has 0 aliphatic heterocycles. The number of benzene rings is 1. The van der Waals surface area contributed by atoms with Crippen LogP contribution in [0.5, 0.6) is 11.5 Å². The van der Waals surface area contributed by atoms with Crippen LogP contribution in [0.2, 0.25) is 0 Å². The molecular weight excluding hydrogens is 1180 g/mol. The average molecular weight is 1240 g/mol. The molecule has 3 aromatic heterocycles. The molecule has 0 amide bonds. The molecule has 414 valence electrons. The predicted octanol–water partition coefficient (Wildman–Crippen LogP) is -12.6. The van der Waals surface area contributed by atoms with E-state index in [2.05, 4.69) is 33.9 Å². The van der Waals surface area contributed by atoms with E-state index in [1.54, 1.807) is 24.3 Å². The fraction of sp³-hybridized carbons (Fsp3) is 0.522. The zero-order valence-corrected chi connectivity index (χ0v) is 61.2. The Balaban J connectivity index is 0. The fourth-order valence-corrected chi connectivity index (χ4v) is 11.9. The van der Waals surface area contributed by atoms with E-state index >= 15 is 0 Å². The molecule has 4 aromatic rings. The first-order valence-electron chi connectivity index (χ1n) is 23.6. The fourth-order valence-electron chi connectivity index (χ4n) is 6.88. The molecule has 0 saturated heterocycles. The summed E-state index contributed by atoms with van der Waals surface area (Å²) in [6, 6.07) is 9.55. The van der Waals surface area contributed by atoms with Crippen LogP contribution in [0.15, 0.2) is 48.8 Å². The third-order valence-corrected chi connectivity index (χ3v) is 15.4. The Morgan fingerprint density at radius 3 is 1.32 bits per heavy atom. The zero-order chi connectivity index (χ0) is 55.1. The molecule has 0 radical (unpaired) electrons. The molecule has 80 heavy (non-hydrogen) atoms. The Kier molecular flexibility index (Phi) is 43.6. The number of carbonyl (C=O) groups excluding carboxylic acids is 1. The van der Waals surface area contributed by atoms with Crippen molar-refractivity contribution in [2.45, 2.75) is 66.5 Å². The first-order chi connectivity index (χ1) is 35.6. The van der Waals surface area contributed by atoms with Crippen LogP contribution in [-0.2, 0) is 63.7 Å². The van der Waals surface area contributed by atoms with E-state index in [1.807, 2.05) is 0 Å². The van der Waals surface area contributed by atoms with Gasteiger partial charge in [-0.3, -0.25) is 9.80 Å². The van der Waals surface area contributed by atoms with E-state index < -0.39 is 61.5 Å². The Morgan fingerprint density at radius 1 is 0.575 bits per heavy atom. The van der Waals surface area contributed by atoms with Gasteiger partial charge in [0.1, 0.15) is 55.1 Å². The van der Waals surface area contributed by atoms with Gasteiger partial charge >= 0.3 is 148 Å². The number of pyridine rings is 1. The minimum Gasteiger partial charge on any atom is -0.778 e. The smallest absolute Gasteiger partial charge is 0.778 e. The summed E-state index contributed by atoms with van der Waals surface area (Å²) < 4.78 is 95.9. The van der Waals surface area contributed by atoms with Gasteiger partial charge in [-0.05, 0) is 71.2 Å². The summed E-state index contributed by atoms with van der Waals surface area (Å²) in [5.41, 5.74) is 1.64. The Labute approximate surface area is 578 Å². The quantitative estimate of drug-likeness (QED) is 0.0181. The largest absolute Gasteiger partial charge is 1.00 e. The Bertz CT molecular complexity index is 2660. The second-order valence-corrected chi connectivity index (χ2v) is 23.1. The van der Waals surface area contributed by atoms with Crippen LogP contribution in [0.3, 0.4) is 0 Å². The van der Waals surface area contributed by atoms with Gasteiger partial charge in [0.15, 0.2) is 11.6 Å². The zero-order valence-electron chi connectivity index (χ0n) is 47.6. The molecular formula is C46H62N7Na5O18P4. The topological polar surface area (TPSA) is 330 Å². The first-order valence-corrected chi connectivity index (χ1v) is 30.5. The van der Waals surface area contributed by atoms with Crippen LogP contribution >= 0.6 is 30.4 Å². The number of unbranched alkanes of at least 4 members (excludes halogenated alkanes) is 2. The van der Waals surface area contributed by atoms with Crippen molar-refractivity contribution >= 4 is 36.4 Å². The molecule has 4 atom stereocenters. The van der Waals surface area contributed by atoms with E-state index in [4.69, 9.17) is 42.0 Å². The third kappa shape index (κ3) is 31.4. The first kappa shape index (κ1) is 82.5. The number of ether oxygens (including phenoxy) is 4. The monoisotopic (exact) mass is 1240 g/mol. The normalized spacial score (nSPS) is 13.8. The number of aromatic nitrogens is 5. The van der Waals surface area contributed by atoms with Gasteiger partial charge in [0.05, 0.1) is 87.3 Å². The number of carbonyl (C=O) groups is 1. The molecule has 0 bridgehead atoms. The standard InChI is InChI=1S/C46H67N7O18P4.5Na/c1-7-68-72(56,57)33-50(34-73(58,59)69-8-2)31-40-19-21-52(48-40)44-27-37(28-45(47-44)53-22-20-41(49-53)32-51(35-74(60,61)70-9-3)36-75(62,63)71-10-4)17-18-39-30-42(66-25-23-64-5)38(29-43(39)67-26-24-65-6)15-13-11-12-14-16-46(54)55;;;;;/h19-22,27-30H,7-12,14,16,23-26,31-36H2,1-6H3,(H,54,55)(H,56,57)(H,58,59)(H,60,61)(H,62,63);;;;;/q;5*+1/p-5. The molecule has 0 saturated carbocycles. The predicted molar refractivity (Wildman–Crippen MR) is 263 cm³/mol. The maximum absolute atomic E-state index is 12.7. The summed E-state index contributed by atoms with van der Waals surface area (Å²) in [6.07, 6.45) is 1.19. The van der Waals surface area contributed by atoms with Crippen molar-refractivity contribution in [1.82, 2.24) is 34.3 Å². The average Bonchev–Trinajstić information content (AvgIpc) is 3.99. The number of aliphatic carboxylic acids is 1. The molecule has 0 spiro atoms. The minimum absolute atomic E-state index is 0. The number of hydrogen-bond acceptors (Lipinski definition) is 23. The van der Waals surface area contributed by atoms with Crippen LogP contribution in [0, 0.1) is 23.7 Å². The SMILES string of the molecule is CCOP(=O)([O-])CN(Cc1ccn(-c2cc(C#Cc3cc(OCCOC)c(C#CCCCCC(=O)[O-])cc3OCCOC)cc(-n3ccc(CN(CP(=O)([O-])OCC)CP(=O)([O-])OCC)n3)n2)n1)CP(=O)([O-])OCC.[Na+].[Na+].[Na+].[Na+].[Na+]. The molecule has 1 aromatic carbocycles. The summed E-state index contributed by atoms with van der Waals surface area (Å²) in [5, 5.41) is 20.1. The number of carboxylic acid groups (broad SMARTS) is 1. The number of rotatable bonds is 34. The molecule has 4 unspecified atom stereocenters. The van der Waals surface area contributed by atoms with Crippen molar-refractivity contribution in [3.05, 3.63) is 76.9 Å². The van der Waals surface area contributed by atoms with E-state index in [1.165, 1.54) is 75.8 Å². The minimum atomic E-state index is -4.53. The molecule has 34 heteroatoms. The molecule has 0 aliphatic rings. The van der Waals surface area contributed by atoms with Gasteiger partial charge in [0.2, 0.25) is 0 Å². The molecule has 3 heterocycles. The van der Waals surface area contributed by atoms with Crippen LogP contribution in [-0.4, -0.2) is 133 Å².